The highest BCUT2D eigenvalue weighted by atomic mass is 19.3. The maximum absolute atomic E-state index is 13.2. The van der Waals surface area contributed by atoms with Crippen LogP contribution < -0.4 is 5.73 Å². The maximum atomic E-state index is 13.2. The summed E-state index contributed by atoms with van der Waals surface area (Å²) < 4.78 is 26.3. The van der Waals surface area contributed by atoms with Crippen LogP contribution in [0.4, 0.5) is 8.78 Å². The first-order chi connectivity index (χ1) is 8.39. The summed E-state index contributed by atoms with van der Waals surface area (Å²) in [4.78, 5) is 0. The fourth-order valence-corrected chi connectivity index (χ4v) is 3.77. The van der Waals surface area contributed by atoms with Crippen molar-refractivity contribution in [2.24, 2.45) is 29.4 Å². The summed E-state index contributed by atoms with van der Waals surface area (Å²) in [7, 11) is 0. The highest BCUT2D eigenvalue weighted by Gasteiger charge is 2.39. The Bertz CT molecular complexity index is 270. The molecule has 2 N–H and O–H groups in total. The first-order valence-electron chi connectivity index (χ1n) is 7.52. The van der Waals surface area contributed by atoms with Crippen molar-refractivity contribution in [3.05, 3.63) is 0 Å². The normalized spacial score (nSPS) is 39.5. The lowest BCUT2D eigenvalue weighted by Crippen LogP contribution is -2.43. The molecule has 0 heterocycles. The van der Waals surface area contributed by atoms with E-state index in [-0.39, 0.29) is 18.9 Å². The molecule has 1 nitrogen and oxygen atoms in total. The van der Waals surface area contributed by atoms with Gasteiger partial charge in [-0.2, -0.15) is 0 Å². The summed E-state index contributed by atoms with van der Waals surface area (Å²) in [6.07, 6.45) is 4.97. The van der Waals surface area contributed by atoms with Crippen LogP contribution in [-0.2, 0) is 0 Å². The van der Waals surface area contributed by atoms with Crippen LogP contribution in [0.15, 0.2) is 0 Å². The van der Waals surface area contributed by atoms with E-state index in [1.807, 2.05) is 0 Å². The van der Waals surface area contributed by atoms with Gasteiger partial charge in [0.15, 0.2) is 0 Å². The van der Waals surface area contributed by atoms with Gasteiger partial charge in [0.2, 0.25) is 5.92 Å². The van der Waals surface area contributed by atoms with Gasteiger partial charge in [-0.3, -0.25) is 0 Å². The second-order valence-electron chi connectivity index (χ2n) is 6.80. The van der Waals surface area contributed by atoms with Crippen LogP contribution in [-0.4, -0.2) is 12.0 Å². The third-order valence-electron chi connectivity index (χ3n) is 5.49. The molecular weight excluding hydrogens is 232 g/mol. The Morgan fingerprint density at radius 1 is 0.944 bits per heavy atom. The molecule has 0 aromatic heterocycles. The van der Waals surface area contributed by atoms with Gasteiger partial charge in [-0.05, 0) is 49.4 Å². The number of halogens is 2. The van der Waals surface area contributed by atoms with E-state index in [1.165, 1.54) is 19.3 Å². The van der Waals surface area contributed by atoms with E-state index in [4.69, 9.17) is 5.73 Å². The zero-order chi connectivity index (χ0) is 13.3. The SMILES string of the molecule is CC1CCC(C(N)C2CCC(F)(F)CC2)CC1C. The molecule has 2 aliphatic carbocycles. The minimum absolute atomic E-state index is 0.0457. The molecule has 2 saturated carbocycles. The van der Waals surface area contributed by atoms with E-state index in [2.05, 4.69) is 13.8 Å². The summed E-state index contributed by atoms with van der Waals surface area (Å²) >= 11 is 0. The molecule has 106 valence electrons. The average molecular weight is 259 g/mol. The third-order valence-corrected chi connectivity index (χ3v) is 5.49. The van der Waals surface area contributed by atoms with Gasteiger partial charge < -0.3 is 5.73 Å². The smallest absolute Gasteiger partial charge is 0.248 e. The van der Waals surface area contributed by atoms with Gasteiger partial charge in [-0.1, -0.05) is 20.3 Å². The molecule has 4 unspecified atom stereocenters. The van der Waals surface area contributed by atoms with Crippen molar-refractivity contribution >= 4 is 0 Å². The Morgan fingerprint density at radius 2 is 1.56 bits per heavy atom. The number of hydrogen-bond acceptors (Lipinski definition) is 1. The van der Waals surface area contributed by atoms with Crippen molar-refractivity contribution < 1.29 is 8.78 Å². The van der Waals surface area contributed by atoms with E-state index < -0.39 is 5.92 Å². The maximum Gasteiger partial charge on any atom is 0.248 e. The van der Waals surface area contributed by atoms with Gasteiger partial charge in [-0.15, -0.1) is 0 Å². The predicted octanol–water partition coefficient (Wildman–Crippen LogP) is 4.21. The van der Waals surface area contributed by atoms with Gasteiger partial charge >= 0.3 is 0 Å². The van der Waals surface area contributed by atoms with Crippen LogP contribution in [0.5, 0.6) is 0 Å². The zero-order valence-corrected chi connectivity index (χ0v) is 11.7. The second kappa shape index (κ2) is 5.44. The Balaban J connectivity index is 1.86. The molecule has 0 bridgehead atoms. The van der Waals surface area contributed by atoms with Crippen molar-refractivity contribution in [2.75, 3.05) is 0 Å². The molecule has 0 amide bonds. The van der Waals surface area contributed by atoms with E-state index in [0.717, 1.165) is 11.8 Å². The zero-order valence-electron chi connectivity index (χ0n) is 11.7. The van der Waals surface area contributed by atoms with Crippen molar-refractivity contribution in [2.45, 2.75) is 70.8 Å². The molecule has 0 aromatic rings. The molecule has 0 saturated heterocycles. The van der Waals surface area contributed by atoms with Gasteiger partial charge in [0, 0.05) is 18.9 Å². The van der Waals surface area contributed by atoms with Crippen LogP contribution in [0.25, 0.3) is 0 Å². The molecule has 0 spiro atoms. The Hall–Kier alpha value is -0.180. The number of nitrogens with two attached hydrogens (primary N) is 1. The summed E-state index contributed by atoms with van der Waals surface area (Å²) in [5.41, 5.74) is 6.37. The molecule has 2 rings (SSSR count). The lowest BCUT2D eigenvalue weighted by atomic mass is 9.68. The van der Waals surface area contributed by atoms with Gasteiger partial charge in [0.05, 0.1) is 0 Å². The number of alkyl halides is 2. The van der Waals surface area contributed by atoms with Crippen LogP contribution in [0.3, 0.4) is 0 Å². The lowest BCUT2D eigenvalue weighted by molar-refractivity contribution is -0.0515. The lowest BCUT2D eigenvalue weighted by Gasteiger charge is -2.40. The standard InChI is InChI=1S/C15H27F2N/c1-10-3-4-13(9-11(10)2)14(18)12-5-7-15(16,17)8-6-12/h10-14H,3-9,18H2,1-2H3. The van der Waals surface area contributed by atoms with E-state index >= 15 is 0 Å². The third kappa shape index (κ3) is 3.23. The van der Waals surface area contributed by atoms with Crippen LogP contribution in [0.2, 0.25) is 0 Å². The Kier molecular flexibility index (Phi) is 4.30. The van der Waals surface area contributed by atoms with Crippen molar-refractivity contribution in [1.29, 1.82) is 0 Å². The second-order valence-corrected chi connectivity index (χ2v) is 6.80. The minimum atomic E-state index is -2.43. The molecule has 0 aromatic carbocycles. The molecular formula is C15H27F2N. The van der Waals surface area contributed by atoms with Crippen LogP contribution in [0.1, 0.15) is 58.8 Å². The Labute approximate surface area is 110 Å². The Morgan fingerprint density at radius 3 is 2.11 bits per heavy atom. The quantitative estimate of drug-likeness (QED) is 0.789. The van der Waals surface area contributed by atoms with Gasteiger partial charge in [-0.25, -0.2) is 8.78 Å². The van der Waals surface area contributed by atoms with Gasteiger partial charge in [0.25, 0.3) is 0 Å². The monoisotopic (exact) mass is 259 g/mol. The summed E-state index contributed by atoms with van der Waals surface area (Å²) in [5, 5.41) is 0. The molecule has 2 aliphatic rings. The first-order valence-corrected chi connectivity index (χ1v) is 7.52. The van der Waals surface area contributed by atoms with Crippen LogP contribution >= 0.6 is 0 Å². The number of rotatable bonds is 2. The molecule has 4 atom stereocenters. The molecule has 18 heavy (non-hydrogen) atoms. The average Bonchev–Trinajstić information content (AvgIpc) is 2.32. The summed E-state index contributed by atoms with van der Waals surface area (Å²) in [6, 6.07) is 0.149. The van der Waals surface area contributed by atoms with Crippen molar-refractivity contribution in [1.82, 2.24) is 0 Å². The van der Waals surface area contributed by atoms with E-state index in [9.17, 15) is 8.78 Å². The fraction of sp³-hybridized carbons (Fsp3) is 1.00. The van der Waals surface area contributed by atoms with E-state index in [1.54, 1.807) is 0 Å². The first kappa shape index (κ1) is 14.2. The summed E-state index contributed by atoms with van der Waals surface area (Å²) in [5.74, 6) is -0.00274. The number of hydrogen-bond donors (Lipinski definition) is 1. The van der Waals surface area contributed by atoms with Crippen molar-refractivity contribution in [3.63, 3.8) is 0 Å². The highest BCUT2D eigenvalue weighted by molar-refractivity contribution is 4.89. The van der Waals surface area contributed by atoms with E-state index in [0.29, 0.717) is 24.7 Å². The van der Waals surface area contributed by atoms with Gasteiger partial charge in [0.1, 0.15) is 0 Å². The largest absolute Gasteiger partial charge is 0.327 e. The summed E-state index contributed by atoms with van der Waals surface area (Å²) in [6.45, 7) is 4.62. The minimum Gasteiger partial charge on any atom is -0.327 e. The molecule has 3 heteroatoms. The predicted molar refractivity (Wildman–Crippen MR) is 70.5 cm³/mol. The topological polar surface area (TPSA) is 26.0 Å². The fourth-order valence-electron chi connectivity index (χ4n) is 3.77. The van der Waals surface area contributed by atoms with Crippen LogP contribution in [0, 0.1) is 23.7 Å². The van der Waals surface area contributed by atoms with Crippen molar-refractivity contribution in [3.8, 4) is 0 Å². The molecule has 0 aliphatic heterocycles. The highest BCUT2D eigenvalue weighted by Crippen LogP contribution is 2.42. The molecule has 2 fully saturated rings. The molecule has 0 radical (unpaired) electrons.